The average molecular weight is 394 g/mol. The zero-order valence-electron chi connectivity index (χ0n) is 13.2. The van der Waals surface area contributed by atoms with Crippen molar-refractivity contribution >= 4 is 41.8 Å². The summed E-state index contributed by atoms with van der Waals surface area (Å²) in [5.41, 5.74) is -0.0351. The quantitative estimate of drug-likeness (QED) is 0.774. The van der Waals surface area contributed by atoms with Gasteiger partial charge in [0, 0.05) is 31.2 Å². The Balaban J connectivity index is 0.00000312. The molecule has 25 heavy (non-hydrogen) atoms. The van der Waals surface area contributed by atoms with Crippen molar-refractivity contribution in [3.05, 3.63) is 34.6 Å². The molecule has 0 unspecified atom stereocenters. The summed E-state index contributed by atoms with van der Waals surface area (Å²) >= 11 is 5.67. The van der Waals surface area contributed by atoms with Gasteiger partial charge in [0.2, 0.25) is 5.91 Å². The number of nitrogens with one attached hydrogen (secondary N) is 1. The molecule has 2 rings (SSSR count). The van der Waals surface area contributed by atoms with Gasteiger partial charge in [0.15, 0.2) is 0 Å². The highest BCUT2D eigenvalue weighted by Crippen LogP contribution is 2.17. The van der Waals surface area contributed by atoms with Crippen LogP contribution in [-0.2, 0) is 9.59 Å². The Morgan fingerprint density at radius 3 is 2.40 bits per heavy atom. The number of halogens is 3. The molecule has 10 heteroatoms. The van der Waals surface area contributed by atoms with Crippen molar-refractivity contribution in [1.29, 1.82) is 0 Å². The second-order valence-corrected chi connectivity index (χ2v) is 5.80. The lowest BCUT2D eigenvalue weighted by atomic mass is 10.1. The van der Waals surface area contributed by atoms with Gasteiger partial charge in [0.25, 0.3) is 5.91 Å². The summed E-state index contributed by atoms with van der Waals surface area (Å²) in [6, 6.07) is 3.91. The van der Waals surface area contributed by atoms with Crippen LogP contribution < -0.4 is 5.32 Å². The highest BCUT2D eigenvalue weighted by atomic mass is 35.5. The van der Waals surface area contributed by atoms with Crippen LogP contribution in [0.5, 0.6) is 0 Å². The number of rotatable bonds is 5. The minimum Gasteiger partial charge on any atom is -0.480 e. The first-order chi connectivity index (χ1) is 11.4. The van der Waals surface area contributed by atoms with E-state index in [9.17, 15) is 18.8 Å². The van der Waals surface area contributed by atoms with Gasteiger partial charge < -0.3 is 15.3 Å². The smallest absolute Gasteiger partial charge is 0.322 e. The van der Waals surface area contributed by atoms with E-state index in [1.54, 1.807) is 4.90 Å². The molecule has 1 aromatic carbocycles. The summed E-state index contributed by atoms with van der Waals surface area (Å²) in [6.45, 7) is 1.24. The van der Waals surface area contributed by atoms with E-state index in [4.69, 9.17) is 16.7 Å². The van der Waals surface area contributed by atoms with Crippen LogP contribution in [0.4, 0.5) is 4.39 Å². The van der Waals surface area contributed by atoms with E-state index in [-0.39, 0.29) is 35.4 Å². The molecule has 1 heterocycles. The van der Waals surface area contributed by atoms with Crippen molar-refractivity contribution < 1.29 is 23.9 Å². The third-order valence-electron chi connectivity index (χ3n) is 3.63. The third kappa shape index (κ3) is 6.15. The summed E-state index contributed by atoms with van der Waals surface area (Å²) in [7, 11) is 0. The molecule has 0 atom stereocenters. The predicted molar refractivity (Wildman–Crippen MR) is 91.6 cm³/mol. The van der Waals surface area contributed by atoms with Crippen LogP contribution in [-0.4, -0.2) is 72.0 Å². The van der Waals surface area contributed by atoms with Crippen LogP contribution in [0.2, 0.25) is 5.02 Å². The van der Waals surface area contributed by atoms with E-state index in [0.717, 1.165) is 6.07 Å². The largest absolute Gasteiger partial charge is 0.480 e. The minimum absolute atomic E-state index is 0. The molecule has 138 valence electrons. The summed E-state index contributed by atoms with van der Waals surface area (Å²) in [4.78, 5) is 37.6. The number of benzene rings is 1. The number of hydrogen-bond acceptors (Lipinski definition) is 4. The van der Waals surface area contributed by atoms with Crippen molar-refractivity contribution in [2.24, 2.45) is 0 Å². The molecule has 0 aliphatic carbocycles. The fraction of sp³-hybridized carbons (Fsp3) is 0.400. The second-order valence-electron chi connectivity index (χ2n) is 5.36. The molecule has 2 N–H and O–H groups in total. The zero-order chi connectivity index (χ0) is 17.7. The van der Waals surface area contributed by atoms with Crippen LogP contribution in [0.15, 0.2) is 18.2 Å². The Morgan fingerprint density at radius 2 is 1.84 bits per heavy atom. The Morgan fingerprint density at radius 1 is 1.20 bits per heavy atom. The van der Waals surface area contributed by atoms with Crippen molar-refractivity contribution in [3.8, 4) is 0 Å². The third-order valence-corrected chi connectivity index (χ3v) is 3.86. The van der Waals surface area contributed by atoms with E-state index in [0.29, 0.717) is 26.2 Å². The number of hydrogen-bond donors (Lipinski definition) is 2. The van der Waals surface area contributed by atoms with E-state index in [1.165, 1.54) is 17.0 Å². The van der Waals surface area contributed by atoms with Crippen molar-refractivity contribution in [2.45, 2.75) is 0 Å². The Hall–Kier alpha value is -1.90. The summed E-state index contributed by atoms with van der Waals surface area (Å²) in [5, 5.41) is 11.0. The zero-order valence-corrected chi connectivity index (χ0v) is 14.8. The van der Waals surface area contributed by atoms with Gasteiger partial charge in [-0.05, 0) is 18.2 Å². The van der Waals surface area contributed by atoms with E-state index in [1.807, 2.05) is 0 Å². The topological polar surface area (TPSA) is 89.9 Å². The minimum atomic E-state index is -1.11. The summed E-state index contributed by atoms with van der Waals surface area (Å²) in [6.07, 6.45) is 0. The summed E-state index contributed by atoms with van der Waals surface area (Å²) < 4.78 is 13.8. The SMILES string of the molecule is Cl.O=C(O)CNC(=O)CN1CCN(C(=O)c2ccc(Cl)cc2F)CC1. The fourth-order valence-electron chi connectivity index (χ4n) is 2.38. The van der Waals surface area contributed by atoms with E-state index >= 15 is 0 Å². The lowest BCUT2D eigenvalue weighted by Crippen LogP contribution is -2.51. The fourth-order valence-corrected chi connectivity index (χ4v) is 2.53. The van der Waals surface area contributed by atoms with Gasteiger partial charge in [-0.25, -0.2) is 4.39 Å². The molecular formula is C15H18Cl2FN3O4. The molecule has 1 aliphatic heterocycles. The number of carboxylic acids is 1. The molecule has 0 radical (unpaired) electrons. The molecule has 0 bridgehead atoms. The van der Waals surface area contributed by atoms with Crippen LogP contribution in [0.3, 0.4) is 0 Å². The normalized spacial score (nSPS) is 14.6. The van der Waals surface area contributed by atoms with Gasteiger partial charge in [-0.3, -0.25) is 19.3 Å². The van der Waals surface area contributed by atoms with Crippen molar-refractivity contribution in [2.75, 3.05) is 39.3 Å². The molecule has 1 fully saturated rings. The summed E-state index contributed by atoms with van der Waals surface area (Å²) in [5.74, 6) is -2.58. The van der Waals surface area contributed by atoms with Crippen LogP contribution in [0, 0.1) is 5.82 Å². The predicted octanol–water partition coefficient (Wildman–Crippen LogP) is 0.860. The molecule has 1 aliphatic rings. The maximum atomic E-state index is 13.8. The van der Waals surface area contributed by atoms with Crippen LogP contribution in [0.1, 0.15) is 10.4 Å². The lowest BCUT2D eigenvalue weighted by Gasteiger charge is -2.34. The number of carbonyl (C=O) groups excluding carboxylic acids is 2. The number of nitrogens with zero attached hydrogens (tertiary/aromatic N) is 2. The Labute approximate surface area is 155 Å². The Bertz CT molecular complexity index is 652. The number of piperazine rings is 1. The second kappa shape index (κ2) is 9.55. The molecule has 1 saturated heterocycles. The number of amides is 2. The standard InChI is InChI=1S/C15H17ClFN3O4.ClH/c16-10-1-2-11(12(17)7-10)15(24)20-5-3-19(4-6-20)9-13(21)18-8-14(22)23;/h1-2,7H,3-6,8-9H2,(H,18,21)(H,22,23);1H. The highest BCUT2D eigenvalue weighted by molar-refractivity contribution is 6.30. The van der Waals surface area contributed by atoms with E-state index in [2.05, 4.69) is 5.32 Å². The maximum Gasteiger partial charge on any atom is 0.322 e. The first-order valence-corrected chi connectivity index (χ1v) is 7.70. The molecule has 0 saturated carbocycles. The van der Waals surface area contributed by atoms with Crippen molar-refractivity contribution in [1.82, 2.24) is 15.1 Å². The monoisotopic (exact) mass is 393 g/mol. The molecule has 0 aromatic heterocycles. The van der Waals surface area contributed by atoms with Gasteiger partial charge in [-0.2, -0.15) is 0 Å². The molecular weight excluding hydrogens is 376 g/mol. The Kier molecular flexibility index (Phi) is 8.08. The number of carboxylic acid groups (broad SMARTS) is 1. The molecule has 1 aromatic rings. The van der Waals surface area contributed by atoms with Gasteiger partial charge >= 0.3 is 5.97 Å². The van der Waals surface area contributed by atoms with Crippen LogP contribution >= 0.6 is 24.0 Å². The van der Waals surface area contributed by atoms with Crippen molar-refractivity contribution in [3.63, 3.8) is 0 Å². The molecule has 7 nitrogen and oxygen atoms in total. The van der Waals surface area contributed by atoms with Gasteiger partial charge in [-0.15, -0.1) is 12.4 Å². The lowest BCUT2D eigenvalue weighted by molar-refractivity contribution is -0.138. The first kappa shape index (κ1) is 21.1. The van der Waals surface area contributed by atoms with Gasteiger partial charge in [0.05, 0.1) is 12.1 Å². The molecule has 2 amide bonds. The molecule has 0 spiro atoms. The maximum absolute atomic E-state index is 13.8. The van der Waals surface area contributed by atoms with Crippen LogP contribution in [0.25, 0.3) is 0 Å². The van der Waals surface area contributed by atoms with E-state index < -0.39 is 24.2 Å². The van der Waals surface area contributed by atoms with Gasteiger partial charge in [-0.1, -0.05) is 11.6 Å². The van der Waals surface area contributed by atoms with Gasteiger partial charge in [0.1, 0.15) is 12.4 Å². The number of carbonyl (C=O) groups is 3. The first-order valence-electron chi connectivity index (χ1n) is 7.32. The number of aliphatic carboxylic acids is 1. The average Bonchev–Trinajstić information content (AvgIpc) is 2.53. The highest BCUT2D eigenvalue weighted by Gasteiger charge is 2.25.